The molecule has 10 heteroatoms. The molecule has 2 heterocycles. The SMILES string of the molecule is COc1cc2c(cc1OC)C(c1ccc(Cl)c(Cl)c1)N(COc1cc3c(cc1OC)CCN(C)C3c1ccc(Cl)c(Cl)c1)CC2. The molecule has 0 N–H and O–H groups in total. The van der Waals surface area contributed by atoms with Gasteiger partial charge in [0.15, 0.2) is 23.0 Å². The lowest BCUT2D eigenvalue weighted by atomic mass is 9.88. The molecule has 0 aliphatic carbocycles. The largest absolute Gasteiger partial charge is 0.493 e. The molecule has 0 bridgehead atoms. The number of hydrogen-bond donors (Lipinski definition) is 0. The minimum Gasteiger partial charge on any atom is -0.493 e. The first-order chi connectivity index (χ1) is 21.7. The molecule has 236 valence electrons. The summed E-state index contributed by atoms with van der Waals surface area (Å²) in [4.78, 5) is 4.61. The van der Waals surface area contributed by atoms with Crippen LogP contribution in [-0.2, 0) is 12.8 Å². The van der Waals surface area contributed by atoms with Crippen LogP contribution in [0.5, 0.6) is 23.0 Å². The summed E-state index contributed by atoms with van der Waals surface area (Å²) >= 11 is 25.6. The number of rotatable bonds is 8. The van der Waals surface area contributed by atoms with Crippen molar-refractivity contribution in [2.24, 2.45) is 0 Å². The zero-order chi connectivity index (χ0) is 31.8. The fraction of sp³-hybridized carbons (Fsp3) is 0.314. The van der Waals surface area contributed by atoms with Crippen molar-refractivity contribution < 1.29 is 18.9 Å². The van der Waals surface area contributed by atoms with Crippen LogP contribution in [0.1, 0.15) is 45.5 Å². The lowest BCUT2D eigenvalue weighted by Gasteiger charge is -2.38. The van der Waals surface area contributed by atoms with Crippen LogP contribution in [0.15, 0.2) is 60.7 Å². The molecule has 0 fully saturated rings. The van der Waals surface area contributed by atoms with E-state index in [0.717, 1.165) is 48.2 Å². The van der Waals surface area contributed by atoms with Crippen LogP contribution < -0.4 is 18.9 Å². The van der Waals surface area contributed by atoms with Crippen LogP contribution in [0.4, 0.5) is 0 Å². The Kier molecular flexibility index (Phi) is 9.62. The number of benzene rings is 4. The van der Waals surface area contributed by atoms with Crippen molar-refractivity contribution in [3.8, 4) is 23.0 Å². The molecule has 0 radical (unpaired) electrons. The molecule has 4 aromatic carbocycles. The van der Waals surface area contributed by atoms with Gasteiger partial charge in [0, 0.05) is 13.1 Å². The molecule has 2 unspecified atom stereocenters. The van der Waals surface area contributed by atoms with Gasteiger partial charge >= 0.3 is 0 Å². The van der Waals surface area contributed by atoms with Gasteiger partial charge in [-0.15, -0.1) is 0 Å². The third-order valence-electron chi connectivity index (χ3n) is 8.77. The van der Waals surface area contributed by atoms with E-state index in [1.807, 2.05) is 42.5 Å². The van der Waals surface area contributed by atoms with E-state index in [1.165, 1.54) is 11.1 Å². The third kappa shape index (κ3) is 6.29. The topological polar surface area (TPSA) is 43.4 Å². The Morgan fingerprint density at radius 2 is 1.09 bits per heavy atom. The number of nitrogens with zero attached hydrogens (tertiary/aromatic N) is 2. The van der Waals surface area contributed by atoms with Crippen molar-refractivity contribution in [2.45, 2.75) is 24.9 Å². The number of hydrogen-bond acceptors (Lipinski definition) is 6. The van der Waals surface area contributed by atoms with Crippen molar-refractivity contribution in [2.75, 3.05) is 48.2 Å². The Bertz CT molecular complexity index is 1730. The first kappa shape index (κ1) is 32.1. The van der Waals surface area contributed by atoms with Crippen LogP contribution in [0.2, 0.25) is 20.1 Å². The molecule has 0 saturated carbocycles. The number of methoxy groups -OCH3 is 3. The van der Waals surface area contributed by atoms with Crippen LogP contribution >= 0.6 is 46.4 Å². The Morgan fingerprint density at radius 3 is 1.67 bits per heavy atom. The van der Waals surface area contributed by atoms with E-state index in [-0.39, 0.29) is 12.1 Å². The van der Waals surface area contributed by atoms with Crippen molar-refractivity contribution in [1.29, 1.82) is 0 Å². The second-order valence-electron chi connectivity index (χ2n) is 11.3. The molecule has 0 saturated heterocycles. The molecular weight excluding hydrogens is 654 g/mol. The van der Waals surface area contributed by atoms with Crippen molar-refractivity contribution in [3.05, 3.63) is 114 Å². The second kappa shape index (κ2) is 13.5. The molecule has 0 amide bonds. The van der Waals surface area contributed by atoms with Gasteiger partial charge in [0.1, 0.15) is 6.73 Å². The number of fused-ring (bicyclic) bond motifs is 2. The fourth-order valence-corrected chi connectivity index (χ4v) is 7.12. The summed E-state index contributed by atoms with van der Waals surface area (Å²) < 4.78 is 23.8. The van der Waals surface area contributed by atoms with E-state index in [0.29, 0.717) is 49.8 Å². The highest BCUT2D eigenvalue weighted by Gasteiger charge is 2.33. The molecule has 6 nitrogen and oxygen atoms in total. The molecule has 2 atom stereocenters. The maximum Gasteiger partial charge on any atom is 0.163 e. The van der Waals surface area contributed by atoms with Crippen LogP contribution in [0, 0.1) is 0 Å². The Hall–Kier alpha value is -2.84. The summed E-state index contributed by atoms with van der Waals surface area (Å²) in [6.45, 7) is 1.95. The molecule has 2 aliphatic rings. The summed E-state index contributed by atoms with van der Waals surface area (Å²) in [5.41, 5.74) is 6.72. The molecule has 4 aromatic rings. The van der Waals surface area contributed by atoms with Gasteiger partial charge in [-0.1, -0.05) is 58.5 Å². The van der Waals surface area contributed by atoms with Gasteiger partial charge in [-0.2, -0.15) is 0 Å². The maximum atomic E-state index is 6.64. The second-order valence-corrected chi connectivity index (χ2v) is 13.0. The summed E-state index contributed by atoms with van der Waals surface area (Å²) in [6, 6.07) is 19.7. The van der Waals surface area contributed by atoms with Gasteiger partial charge in [0.25, 0.3) is 0 Å². The van der Waals surface area contributed by atoms with Gasteiger partial charge in [0.2, 0.25) is 0 Å². The zero-order valence-electron chi connectivity index (χ0n) is 25.5. The van der Waals surface area contributed by atoms with Crippen molar-refractivity contribution in [3.63, 3.8) is 0 Å². The van der Waals surface area contributed by atoms with Crippen molar-refractivity contribution in [1.82, 2.24) is 9.80 Å². The van der Waals surface area contributed by atoms with E-state index >= 15 is 0 Å². The Labute approximate surface area is 284 Å². The summed E-state index contributed by atoms with van der Waals surface area (Å²) in [5, 5.41) is 2.07. The molecule has 0 aromatic heterocycles. The minimum atomic E-state index is -0.165. The van der Waals surface area contributed by atoms with E-state index < -0.39 is 0 Å². The highest BCUT2D eigenvalue weighted by molar-refractivity contribution is 6.42. The number of halogens is 4. The molecule has 45 heavy (non-hydrogen) atoms. The number of likely N-dealkylation sites (N-methyl/N-ethyl adjacent to an activating group) is 1. The fourth-order valence-electron chi connectivity index (χ4n) is 6.50. The van der Waals surface area contributed by atoms with Gasteiger partial charge in [-0.3, -0.25) is 9.80 Å². The lowest BCUT2D eigenvalue weighted by molar-refractivity contribution is 0.0894. The monoisotopic (exact) mass is 686 g/mol. The van der Waals surface area contributed by atoms with E-state index in [2.05, 4.69) is 35.0 Å². The summed E-state index contributed by atoms with van der Waals surface area (Å²) in [7, 11) is 7.10. The van der Waals surface area contributed by atoms with E-state index in [4.69, 9.17) is 65.4 Å². The maximum absolute atomic E-state index is 6.64. The van der Waals surface area contributed by atoms with Crippen LogP contribution in [0.3, 0.4) is 0 Å². The average Bonchev–Trinajstić information content (AvgIpc) is 3.05. The van der Waals surface area contributed by atoms with E-state index in [9.17, 15) is 0 Å². The zero-order valence-corrected chi connectivity index (χ0v) is 28.5. The molecule has 2 aliphatic heterocycles. The Balaban J connectivity index is 1.37. The lowest BCUT2D eigenvalue weighted by Crippen LogP contribution is -2.39. The smallest absolute Gasteiger partial charge is 0.163 e. The summed E-state index contributed by atoms with van der Waals surface area (Å²) in [6.07, 6.45) is 1.70. The molecule has 6 rings (SSSR count). The predicted molar refractivity (Wildman–Crippen MR) is 181 cm³/mol. The third-order valence-corrected chi connectivity index (χ3v) is 10.3. The number of ether oxygens (including phenoxy) is 4. The minimum absolute atomic E-state index is 0.00922. The predicted octanol–water partition coefficient (Wildman–Crippen LogP) is 8.89. The summed E-state index contributed by atoms with van der Waals surface area (Å²) in [5.74, 6) is 2.73. The highest BCUT2D eigenvalue weighted by Crippen LogP contribution is 2.44. The van der Waals surface area contributed by atoms with Crippen LogP contribution in [-0.4, -0.2) is 58.0 Å². The first-order valence-electron chi connectivity index (χ1n) is 14.6. The standard InChI is InChI=1S/C35H34Cl4N2O4/c1-40-11-9-20-16-31(43-3)33(18-24(20)34(40)22-5-7-26(36)28(38)13-22)45-19-41-12-10-21-15-30(42-2)32(44-4)17-25(21)35(41)23-6-8-27(37)29(39)14-23/h5-8,13-18,34-35H,9-12,19H2,1-4H3. The normalized spacial score (nSPS) is 18.2. The van der Waals surface area contributed by atoms with E-state index in [1.54, 1.807) is 21.3 Å². The van der Waals surface area contributed by atoms with Gasteiger partial charge < -0.3 is 18.9 Å². The molecule has 0 spiro atoms. The van der Waals surface area contributed by atoms with Gasteiger partial charge in [-0.05, 0) is 102 Å². The quantitative estimate of drug-likeness (QED) is 0.184. The van der Waals surface area contributed by atoms with Crippen molar-refractivity contribution >= 4 is 46.4 Å². The van der Waals surface area contributed by atoms with Gasteiger partial charge in [-0.25, -0.2) is 0 Å². The average molecular weight is 688 g/mol. The van der Waals surface area contributed by atoms with Crippen LogP contribution in [0.25, 0.3) is 0 Å². The van der Waals surface area contributed by atoms with Gasteiger partial charge in [0.05, 0.1) is 53.5 Å². The highest BCUT2D eigenvalue weighted by atomic mass is 35.5. The first-order valence-corrected chi connectivity index (χ1v) is 16.2. The Morgan fingerprint density at radius 1 is 0.600 bits per heavy atom. The molecular formula is C35H34Cl4N2O4.